The molecule has 0 aromatic rings. The van der Waals surface area contributed by atoms with E-state index in [1.807, 2.05) is 38.1 Å². The smallest absolute Gasteiger partial charge is 0.335 e. The zero-order valence-corrected chi connectivity index (χ0v) is 17.2. The maximum absolute atomic E-state index is 13.0. The molecule has 0 aromatic heterocycles. The van der Waals surface area contributed by atoms with E-state index in [4.69, 9.17) is 4.74 Å². The molecular weight excluding hydrogens is 322 g/mol. The summed E-state index contributed by atoms with van der Waals surface area (Å²) < 4.78 is 19.8. The summed E-state index contributed by atoms with van der Waals surface area (Å²) in [6.45, 7) is 15.3. The highest BCUT2D eigenvalue weighted by Gasteiger charge is 2.36. The minimum absolute atomic E-state index is 0.215. The molecule has 4 atom stereocenters. The summed E-state index contributed by atoms with van der Waals surface area (Å²) in [6, 6.07) is 0.215. The Hall–Kier alpha value is -0.680. The molecule has 1 unspecified atom stereocenters. The zero-order valence-electron chi connectivity index (χ0n) is 16.4. The number of esters is 1. The fourth-order valence-corrected chi connectivity index (χ4v) is 4.36. The van der Waals surface area contributed by atoms with Crippen molar-refractivity contribution in [2.24, 2.45) is 11.8 Å². The molecule has 0 radical (unpaired) electrons. The quantitative estimate of drug-likeness (QED) is 0.645. The molecule has 0 bridgehead atoms. The Morgan fingerprint density at radius 3 is 2.46 bits per heavy atom. The van der Waals surface area contributed by atoms with Crippen molar-refractivity contribution in [3.63, 3.8) is 0 Å². The lowest BCUT2D eigenvalue weighted by atomic mass is 9.86. The van der Waals surface area contributed by atoms with Crippen molar-refractivity contribution in [1.82, 2.24) is 4.31 Å². The van der Waals surface area contributed by atoms with Crippen molar-refractivity contribution in [1.29, 1.82) is 0 Å². The van der Waals surface area contributed by atoms with E-state index in [-0.39, 0.29) is 16.8 Å². The van der Waals surface area contributed by atoms with E-state index < -0.39 is 11.0 Å². The molecule has 0 spiro atoms. The van der Waals surface area contributed by atoms with Crippen molar-refractivity contribution < 1.29 is 13.7 Å². The molecule has 1 aliphatic rings. The van der Waals surface area contributed by atoms with E-state index in [9.17, 15) is 9.00 Å². The number of carbonyl (C=O) groups excluding carboxylic acids is 1. The second kappa shape index (κ2) is 9.14. The average molecular weight is 358 g/mol. The Morgan fingerprint density at radius 1 is 1.33 bits per heavy atom. The first-order valence-corrected chi connectivity index (χ1v) is 10.3. The molecule has 0 saturated carbocycles. The van der Waals surface area contributed by atoms with Crippen molar-refractivity contribution in [2.45, 2.75) is 78.5 Å². The van der Waals surface area contributed by atoms with Crippen molar-refractivity contribution in [3.05, 3.63) is 11.6 Å². The highest BCUT2D eigenvalue weighted by atomic mass is 32.2. The van der Waals surface area contributed by atoms with Crippen LogP contribution in [-0.2, 0) is 20.5 Å². The van der Waals surface area contributed by atoms with Gasteiger partial charge in [0, 0.05) is 18.2 Å². The van der Waals surface area contributed by atoms with Crippen LogP contribution in [0.1, 0.15) is 67.7 Å². The second-order valence-electron chi connectivity index (χ2n) is 7.87. The first-order chi connectivity index (χ1) is 11.1. The average Bonchev–Trinajstić information content (AvgIpc) is 2.52. The van der Waals surface area contributed by atoms with Gasteiger partial charge in [0.05, 0.1) is 11.4 Å². The molecule has 5 heteroatoms. The molecule has 0 fully saturated rings. The Labute approximate surface area is 150 Å². The van der Waals surface area contributed by atoms with Crippen molar-refractivity contribution >= 4 is 17.0 Å². The Kier molecular flexibility index (Phi) is 8.13. The van der Waals surface area contributed by atoms with E-state index >= 15 is 0 Å². The fourth-order valence-electron chi connectivity index (χ4n) is 2.95. The van der Waals surface area contributed by atoms with Crippen LogP contribution < -0.4 is 0 Å². The van der Waals surface area contributed by atoms with Crippen LogP contribution in [0.3, 0.4) is 0 Å². The van der Waals surface area contributed by atoms with Gasteiger partial charge in [-0.25, -0.2) is 13.3 Å². The normalized spacial score (nSPS) is 23.3. The van der Waals surface area contributed by atoms with E-state index in [1.54, 1.807) is 0 Å². The van der Waals surface area contributed by atoms with Crippen LogP contribution in [0, 0.1) is 11.8 Å². The van der Waals surface area contributed by atoms with Gasteiger partial charge in [-0.1, -0.05) is 33.3 Å². The summed E-state index contributed by atoms with van der Waals surface area (Å²) in [5.74, 6) is 0.934. The van der Waals surface area contributed by atoms with E-state index in [0.717, 1.165) is 19.3 Å². The largest absolute Gasteiger partial charge is 0.463 e. The predicted molar refractivity (Wildman–Crippen MR) is 101 cm³/mol. The highest BCUT2D eigenvalue weighted by Crippen LogP contribution is 2.31. The summed E-state index contributed by atoms with van der Waals surface area (Å²) >= 11 is 0. The molecule has 140 valence electrons. The minimum atomic E-state index is -1.14. The number of hydrogen-bond donors (Lipinski definition) is 0. The topological polar surface area (TPSA) is 46.6 Å². The Bertz CT molecular complexity index is 481. The van der Waals surface area contributed by atoms with Crippen LogP contribution in [0.15, 0.2) is 11.6 Å². The van der Waals surface area contributed by atoms with Gasteiger partial charge in [-0.15, -0.1) is 0 Å². The van der Waals surface area contributed by atoms with Gasteiger partial charge in [-0.2, -0.15) is 0 Å². The molecular formula is C19H35NO3S. The molecule has 0 saturated heterocycles. The first-order valence-electron chi connectivity index (χ1n) is 9.16. The molecule has 0 aromatic carbocycles. The molecule has 1 heterocycles. The summed E-state index contributed by atoms with van der Waals surface area (Å²) in [4.78, 5) is 12.1. The maximum Gasteiger partial charge on any atom is 0.335 e. The van der Waals surface area contributed by atoms with Crippen LogP contribution in [-0.4, -0.2) is 38.4 Å². The zero-order chi connectivity index (χ0) is 18.5. The van der Waals surface area contributed by atoms with E-state index in [2.05, 4.69) is 20.8 Å². The van der Waals surface area contributed by atoms with Crippen LogP contribution in [0.4, 0.5) is 0 Å². The molecule has 4 nitrogen and oxygen atoms in total. The summed E-state index contributed by atoms with van der Waals surface area (Å²) in [7, 11) is -1.14. The SMILES string of the molecule is CCOC(=O)C1=CCC(C[C@@H](C)[C@H](C)CC)N([S@](=O)C(C)(C)C)C1. The third-order valence-electron chi connectivity index (χ3n) is 4.90. The van der Waals surface area contributed by atoms with Gasteiger partial charge in [0.1, 0.15) is 11.0 Å². The first kappa shape index (κ1) is 21.4. The minimum Gasteiger partial charge on any atom is -0.463 e. The van der Waals surface area contributed by atoms with Gasteiger partial charge < -0.3 is 4.74 Å². The molecule has 24 heavy (non-hydrogen) atoms. The van der Waals surface area contributed by atoms with E-state index in [0.29, 0.717) is 30.6 Å². The third-order valence-corrected chi connectivity index (χ3v) is 6.80. The summed E-state index contributed by atoms with van der Waals surface area (Å²) in [5, 5.41) is 0. The van der Waals surface area contributed by atoms with Crippen LogP contribution in [0.25, 0.3) is 0 Å². The third kappa shape index (κ3) is 5.69. The summed E-state index contributed by atoms with van der Waals surface area (Å²) in [6.07, 6.45) is 4.91. The monoisotopic (exact) mass is 357 g/mol. The van der Waals surface area contributed by atoms with Crippen LogP contribution in [0.2, 0.25) is 0 Å². The number of nitrogens with zero attached hydrogens (tertiary/aromatic N) is 1. The van der Waals surface area contributed by atoms with Gasteiger partial charge in [0.25, 0.3) is 0 Å². The summed E-state index contributed by atoms with van der Waals surface area (Å²) in [5.41, 5.74) is 0.641. The van der Waals surface area contributed by atoms with Crippen molar-refractivity contribution in [2.75, 3.05) is 13.2 Å². The number of ether oxygens (including phenoxy) is 1. The number of hydrogen-bond acceptors (Lipinski definition) is 3. The standard InChI is InChI=1S/C19H35NO3S/c1-8-14(3)15(4)12-17-11-10-16(18(21)23-9-2)13-20(17)24(22)19(5,6)7/h10,14-15,17H,8-9,11-13H2,1-7H3/t14-,15-,17?,24-/m1/s1. The van der Waals surface area contributed by atoms with Gasteiger partial charge in [0.2, 0.25) is 0 Å². The Morgan fingerprint density at radius 2 is 1.96 bits per heavy atom. The Balaban J connectivity index is 2.98. The molecule has 1 aliphatic heterocycles. The van der Waals surface area contributed by atoms with Crippen LogP contribution in [0.5, 0.6) is 0 Å². The highest BCUT2D eigenvalue weighted by molar-refractivity contribution is 7.84. The van der Waals surface area contributed by atoms with Gasteiger partial charge in [0.15, 0.2) is 0 Å². The molecule has 1 rings (SSSR count). The van der Waals surface area contributed by atoms with Gasteiger partial charge in [-0.05, 0) is 52.4 Å². The number of carbonyl (C=O) groups is 1. The maximum atomic E-state index is 13.0. The molecule has 0 amide bonds. The molecule has 0 N–H and O–H groups in total. The predicted octanol–water partition coefficient (Wildman–Crippen LogP) is 4.08. The fraction of sp³-hybridized carbons (Fsp3) is 0.842. The van der Waals surface area contributed by atoms with Crippen LogP contribution >= 0.6 is 0 Å². The van der Waals surface area contributed by atoms with E-state index in [1.165, 1.54) is 0 Å². The second-order valence-corrected chi connectivity index (χ2v) is 10.1. The van der Waals surface area contributed by atoms with Gasteiger partial charge >= 0.3 is 5.97 Å². The van der Waals surface area contributed by atoms with Crippen molar-refractivity contribution in [3.8, 4) is 0 Å². The van der Waals surface area contributed by atoms with Gasteiger partial charge in [-0.3, -0.25) is 0 Å². The lowest BCUT2D eigenvalue weighted by molar-refractivity contribution is -0.138. The lowest BCUT2D eigenvalue weighted by Gasteiger charge is -2.39. The lowest BCUT2D eigenvalue weighted by Crippen LogP contribution is -2.48. The number of rotatable bonds is 7. The molecule has 0 aliphatic carbocycles.